The van der Waals surface area contributed by atoms with E-state index in [2.05, 4.69) is 26.6 Å². The summed E-state index contributed by atoms with van der Waals surface area (Å²) in [7, 11) is 0. The molecule has 5 amide bonds. The van der Waals surface area contributed by atoms with Gasteiger partial charge in [0.2, 0.25) is 29.5 Å². The molecule has 10 saturated heterocycles. The van der Waals surface area contributed by atoms with Gasteiger partial charge in [-0.15, -0.1) is 0 Å². The summed E-state index contributed by atoms with van der Waals surface area (Å²) in [5.74, 6) is -4.58. The Morgan fingerprint density at radius 3 is 0.968 bits per heavy atom. The van der Waals surface area contributed by atoms with E-state index in [-0.39, 0.29) is 0 Å². The van der Waals surface area contributed by atoms with Gasteiger partial charge >= 0.3 is 0 Å². The van der Waals surface area contributed by atoms with Gasteiger partial charge in [-0.1, -0.05) is 0 Å². The van der Waals surface area contributed by atoms with Gasteiger partial charge in [-0.3, -0.25) is 24.0 Å². The normalized spacial score (nSPS) is 48.7. The summed E-state index contributed by atoms with van der Waals surface area (Å²) in [5.41, 5.74) is 0. The summed E-state index contributed by atoms with van der Waals surface area (Å²) >= 11 is 0. The molecule has 55 heteroatoms. The first-order valence-electron chi connectivity index (χ1n) is 40.0. The Labute approximate surface area is 708 Å². The van der Waals surface area contributed by atoms with Crippen molar-refractivity contribution in [2.24, 2.45) is 0 Å². The average molecular weight is 1830 g/mol. The number of rotatable bonds is 32. The molecule has 10 heterocycles. The van der Waals surface area contributed by atoms with E-state index in [0.717, 1.165) is 34.6 Å². The van der Waals surface area contributed by atoms with Crippen molar-refractivity contribution in [3.8, 4) is 0 Å². The van der Waals surface area contributed by atoms with Gasteiger partial charge < -0.3 is 249 Å². The zero-order chi connectivity index (χ0) is 92.1. The molecular formula is C70H117N5O50. The van der Waals surface area contributed by atoms with Gasteiger partial charge in [0, 0.05) is 34.6 Å². The van der Waals surface area contributed by atoms with Crippen molar-refractivity contribution in [2.75, 3.05) is 59.5 Å². The van der Waals surface area contributed by atoms with E-state index in [9.17, 15) is 157 Å². The van der Waals surface area contributed by atoms with Gasteiger partial charge in [-0.05, 0) is 6.92 Å². The highest BCUT2D eigenvalue weighted by atomic mass is 16.8. The number of ether oxygens (including phenoxy) is 19. The van der Waals surface area contributed by atoms with E-state index in [1.165, 1.54) is 6.92 Å². The Kier molecular flexibility index (Phi) is 36.8. The molecule has 722 valence electrons. The molecule has 0 radical (unpaired) electrons. The van der Waals surface area contributed by atoms with Crippen LogP contribution in [0.15, 0.2) is 0 Å². The maximum Gasteiger partial charge on any atom is 0.217 e. The number of aliphatic hydroxyl groups is 26. The largest absolute Gasteiger partial charge is 0.394 e. The first-order valence-corrected chi connectivity index (χ1v) is 40.0. The van der Waals surface area contributed by atoms with Crippen LogP contribution >= 0.6 is 0 Å². The highest BCUT2D eigenvalue weighted by Gasteiger charge is 2.61. The number of hydrogen-bond acceptors (Lipinski definition) is 50. The first-order chi connectivity index (χ1) is 59.0. The van der Waals surface area contributed by atoms with Gasteiger partial charge in [0.05, 0.1) is 65.6 Å². The van der Waals surface area contributed by atoms with Crippen molar-refractivity contribution in [3.63, 3.8) is 0 Å². The summed E-state index contributed by atoms with van der Waals surface area (Å²) in [6.45, 7) is -3.72. The lowest BCUT2D eigenvalue weighted by Crippen LogP contribution is -2.71. The minimum atomic E-state index is -2.67. The average Bonchev–Trinajstić information content (AvgIpc) is 0.767. The molecule has 10 aliphatic rings. The third-order valence-electron chi connectivity index (χ3n) is 22.8. The van der Waals surface area contributed by atoms with Crippen LogP contribution in [0.2, 0.25) is 0 Å². The smallest absolute Gasteiger partial charge is 0.217 e. The molecule has 0 spiro atoms. The number of carbonyl (C=O) groups excluding carboxylic acids is 5. The lowest BCUT2D eigenvalue weighted by Gasteiger charge is -2.51. The zero-order valence-corrected chi connectivity index (χ0v) is 67.7. The van der Waals surface area contributed by atoms with Gasteiger partial charge in [0.25, 0.3) is 0 Å². The van der Waals surface area contributed by atoms with Gasteiger partial charge in [0.1, 0.15) is 238 Å². The lowest BCUT2D eigenvalue weighted by molar-refractivity contribution is -0.398. The number of carbonyl (C=O) groups is 5. The molecule has 0 unspecified atom stereocenters. The molecule has 0 aromatic heterocycles. The summed E-state index contributed by atoms with van der Waals surface area (Å²) in [4.78, 5) is 64.1. The van der Waals surface area contributed by atoms with Crippen LogP contribution < -0.4 is 26.6 Å². The zero-order valence-electron chi connectivity index (χ0n) is 67.7. The summed E-state index contributed by atoms with van der Waals surface area (Å²) in [6.07, 6.45) is -93.7. The second kappa shape index (κ2) is 44.9. The van der Waals surface area contributed by atoms with Gasteiger partial charge in [0.15, 0.2) is 62.9 Å². The van der Waals surface area contributed by atoms with Crippen molar-refractivity contribution in [3.05, 3.63) is 0 Å². The fourth-order valence-electron chi connectivity index (χ4n) is 16.1. The number of nitrogens with one attached hydrogen (secondary N) is 5. The summed E-state index contributed by atoms with van der Waals surface area (Å²) < 4.78 is 114. The number of hydrogen-bond donors (Lipinski definition) is 31. The molecule has 55 nitrogen and oxygen atoms in total. The van der Waals surface area contributed by atoms with Crippen LogP contribution in [0.3, 0.4) is 0 Å². The molecule has 31 N–H and O–H groups in total. The highest BCUT2D eigenvalue weighted by molar-refractivity contribution is 5.75. The van der Waals surface area contributed by atoms with E-state index >= 15 is 0 Å². The Bertz CT molecular complexity index is 3420. The SMILES string of the molecule is CC(=O)N[C@@H]1[C@H](O[C@@H]2[C@@H](O[C@@H]3[C@H](O)[C@H](O[C@H]4[C@H](O)[C@@H](NC(C)=O)[C@H](O[C@H]5[C@H](O)[C@@H](NC(C)=O)[C@H](O)O[C@@H]5CO[C@@H]5O[C@@H](C)[C@@H](O)[C@@H](O)[C@@H]5O)O[C@@H]4CO)O[C@H](CO[C@H]4O[C@H](CO)[C@@H](O)[C@H](O)[C@@H]4O[C@@H]4O[C@H](CO)[C@@H](O[C@@H]5O[C@H](CO)[C@H](O)[C@H](O)[C@H]5O)[C@H](O)[C@H]4NC(C)=O)[C@H]3O)O[C@H](CO[C@@H]3O[C@H](CO)[C@@H](O)[C@H](O)[C@H]3NC(C)=O)[C@@H](O)[C@@H]2O)O[C@H](CO)[C@@H](O)[C@@H]1O. The third-order valence-corrected chi connectivity index (χ3v) is 22.8. The topological polar surface area (TPSA) is 847 Å². The van der Waals surface area contributed by atoms with Crippen LogP contribution in [0.5, 0.6) is 0 Å². The van der Waals surface area contributed by atoms with Gasteiger partial charge in [-0.2, -0.15) is 0 Å². The molecule has 0 saturated carbocycles. The van der Waals surface area contributed by atoms with Crippen molar-refractivity contribution in [2.45, 2.75) is 348 Å². The Morgan fingerprint density at radius 1 is 0.224 bits per heavy atom. The van der Waals surface area contributed by atoms with E-state index < -0.39 is 396 Å². The molecule has 10 fully saturated rings. The molecule has 0 bridgehead atoms. The van der Waals surface area contributed by atoms with Crippen LogP contribution in [-0.4, -0.2) is 529 Å². The molecule has 50 atom stereocenters. The van der Waals surface area contributed by atoms with E-state index in [4.69, 9.17) is 90.0 Å². The van der Waals surface area contributed by atoms with Crippen LogP contribution in [0, 0.1) is 0 Å². The van der Waals surface area contributed by atoms with Crippen molar-refractivity contribution >= 4 is 29.5 Å². The molecule has 0 aromatic carbocycles. The van der Waals surface area contributed by atoms with Crippen LogP contribution in [-0.2, 0) is 114 Å². The maximum atomic E-state index is 13.3. The quantitative estimate of drug-likeness (QED) is 0.0297. The Balaban J connectivity index is 1.02. The Morgan fingerprint density at radius 2 is 0.504 bits per heavy atom. The Hall–Kier alpha value is -4.45. The molecule has 10 aliphatic heterocycles. The fourth-order valence-corrected chi connectivity index (χ4v) is 16.1. The summed E-state index contributed by atoms with van der Waals surface area (Å²) in [5, 5.41) is 304. The number of aliphatic hydroxyl groups excluding tert-OH is 26. The van der Waals surface area contributed by atoms with Crippen molar-refractivity contribution in [1.82, 2.24) is 26.6 Å². The second-order valence-electron chi connectivity index (χ2n) is 31.8. The van der Waals surface area contributed by atoms with E-state index in [1.807, 2.05) is 0 Å². The predicted molar refractivity (Wildman–Crippen MR) is 386 cm³/mol. The molecule has 125 heavy (non-hydrogen) atoms. The van der Waals surface area contributed by atoms with Crippen molar-refractivity contribution < 1.29 is 247 Å². The van der Waals surface area contributed by atoms with Crippen molar-refractivity contribution in [1.29, 1.82) is 0 Å². The molecule has 10 rings (SSSR count). The van der Waals surface area contributed by atoms with Crippen LogP contribution in [0.4, 0.5) is 0 Å². The maximum absolute atomic E-state index is 13.3. The standard InChI is InChI=1S/C70H117N5O50/c1-16-36(87)48(99)52(103)66(110-16)108-15-30-57(45(96)31(61(106)111-30)71-17(2)82)120-64-34(74-20(5)85)46(97)56(27(12-81)116-64)122-68-54(105)58(123-70-60(125-63-33(73-19(4)84)44(95)38(89)23(8-77)113-63)51(102)41(92)28(119-70)13-107-62-32(72-18(3)83)43(94)37(88)22(7-76)112-62)42(93)29(118-68)14-109-69-59(50(101)40(91)25(10-79)115-69)124-65-35(75-21(6)86)47(98)55(26(11-80)117-65)121-67-53(104)49(100)39(90)24(9-78)114-67/h16,22-70,76-81,87-106H,7-15H2,1-6H3,(H,71,82)(H,72,83)(H,73,84)(H,74,85)(H,75,86)/t16-,22+,23+,24+,25+,26+,27+,28+,29+,30+,31+,32+,33-,34+,35+,36+,37+,38+,39-,40+,41+,42+,43+,44+,45+,46+,47+,48+,49-,50-,51-,52-,53+,54-,55+,56+,57+,58-,59-,60-,61+,62+,63-,64-,65-,66+,67-,68-,69-,70+/m0/s1. The highest BCUT2D eigenvalue weighted by Crippen LogP contribution is 2.40. The minimum absolute atomic E-state index is 0.834. The summed E-state index contributed by atoms with van der Waals surface area (Å²) in [6, 6.07) is -9.34. The van der Waals surface area contributed by atoms with E-state index in [0.29, 0.717) is 0 Å². The minimum Gasteiger partial charge on any atom is -0.394 e. The molecular weight excluding hydrogens is 1710 g/mol. The third kappa shape index (κ3) is 23.3. The first kappa shape index (κ1) is 103. The second-order valence-corrected chi connectivity index (χ2v) is 31.8. The fraction of sp³-hybridized carbons (Fsp3) is 0.929. The molecule has 0 aliphatic carbocycles. The number of amides is 5. The monoisotopic (exact) mass is 1830 g/mol. The predicted octanol–water partition coefficient (Wildman–Crippen LogP) is -21.1. The van der Waals surface area contributed by atoms with Crippen LogP contribution in [0.1, 0.15) is 41.5 Å². The van der Waals surface area contributed by atoms with Crippen LogP contribution in [0.25, 0.3) is 0 Å². The lowest BCUT2D eigenvalue weighted by atomic mass is 9.93. The van der Waals surface area contributed by atoms with E-state index in [1.54, 1.807) is 0 Å². The van der Waals surface area contributed by atoms with Gasteiger partial charge in [-0.25, -0.2) is 0 Å². The molecule has 0 aromatic rings.